The molecule has 0 spiro atoms. The van der Waals surface area contributed by atoms with Gasteiger partial charge in [-0.3, -0.25) is 14.6 Å². The topological polar surface area (TPSA) is 99.5 Å². The number of aromatic nitrogens is 1. The lowest BCUT2D eigenvalue weighted by Crippen LogP contribution is -2.42. The molecule has 6 nitrogen and oxygen atoms in total. The van der Waals surface area contributed by atoms with Gasteiger partial charge in [0.2, 0.25) is 0 Å². The minimum Gasteiger partial charge on any atom is -0.481 e. The fourth-order valence-electron chi connectivity index (χ4n) is 1.47. The van der Waals surface area contributed by atoms with Crippen LogP contribution in [0.1, 0.15) is 29.4 Å². The molecule has 0 bridgehead atoms. The number of aliphatic hydroxyl groups is 1. The van der Waals surface area contributed by atoms with E-state index >= 15 is 0 Å². The van der Waals surface area contributed by atoms with Crippen LogP contribution in [0.2, 0.25) is 0 Å². The average molecular weight is 252 g/mol. The standard InChI is InChI=1S/C12H16N2O4/c1-8-4-3-5-13-10(8)11(17)14-7-12(2,18)6-9(15)16/h3-5,18H,6-7H2,1-2H3,(H,14,17)(H,15,16). The van der Waals surface area contributed by atoms with Gasteiger partial charge in [-0.2, -0.15) is 0 Å². The molecule has 1 aromatic heterocycles. The van der Waals surface area contributed by atoms with Gasteiger partial charge in [-0.05, 0) is 25.5 Å². The minimum absolute atomic E-state index is 0.145. The van der Waals surface area contributed by atoms with Crippen LogP contribution < -0.4 is 5.32 Å². The number of carboxylic acids is 1. The Morgan fingerprint density at radius 1 is 1.50 bits per heavy atom. The smallest absolute Gasteiger partial charge is 0.306 e. The summed E-state index contributed by atoms with van der Waals surface area (Å²) in [5, 5.41) is 20.8. The molecule has 1 amide bonds. The molecule has 0 radical (unpaired) electrons. The van der Waals surface area contributed by atoms with Crippen molar-refractivity contribution in [3.8, 4) is 0 Å². The van der Waals surface area contributed by atoms with Crippen molar-refractivity contribution >= 4 is 11.9 Å². The van der Waals surface area contributed by atoms with Gasteiger partial charge < -0.3 is 15.5 Å². The van der Waals surface area contributed by atoms with Crippen LogP contribution >= 0.6 is 0 Å². The summed E-state index contributed by atoms with van der Waals surface area (Å²) in [5.74, 6) is -1.55. The highest BCUT2D eigenvalue weighted by molar-refractivity contribution is 5.93. The third kappa shape index (κ3) is 4.14. The Hall–Kier alpha value is -1.95. The molecule has 1 aromatic rings. The van der Waals surface area contributed by atoms with E-state index in [0.29, 0.717) is 5.56 Å². The number of amides is 1. The summed E-state index contributed by atoms with van der Waals surface area (Å²) >= 11 is 0. The number of hydrogen-bond donors (Lipinski definition) is 3. The van der Waals surface area contributed by atoms with Crippen molar-refractivity contribution in [2.75, 3.05) is 6.54 Å². The van der Waals surface area contributed by atoms with E-state index in [1.807, 2.05) is 0 Å². The van der Waals surface area contributed by atoms with E-state index in [1.54, 1.807) is 19.1 Å². The van der Waals surface area contributed by atoms with Crippen LogP contribution in [0.15, 0.2) is 18.3 Å². The number of carbonyl (C=O) groups excluding carboxylic acids is 1. The Bertz CT molecular complexity index is 457. The molecule has 0 aliphatic heterocycles. The maximum absolute atomic E-state index is 11.8. The summed E-state index contributed by atoms with van der Waals surface area (Å²) in [6.07, 6.45) is 1.06. The molecule has 0 aromatic carbocycles. The number of hydrogen-bond acceptors (Lipinski definition) is 4. The molecule has 1 unspecified atom stereocenters. The number of nitrogens with zero attached hydrogens (tertiary/aromatic N) is 1. The van der Waals surface area contributed by atoms with Gasteiger partial charge in [0.15, 0.2) is 0 Å². The molecule has 18 heavy (non-hydrogen) atoms. The highest BCUT2D eigenvalue weighted by Crippen LogP contribution is 2.08. The van der Waals surface area contributed by atoms with Gasteiger partial charge in [-0.25, -0.2) is 0 Å². The predicted octanol–water partition coefficient (Wildman–Crippen LogP) is 0.346. The number of aliphatic carboxylic acids is 1. The molecule has 0 aliphatic rings. The van der Waals surface area contributed by atoms with Crippen LogP contribution in [0.5, 0.6) is 0 Å². The summed E-state index contributed by atoms with van der Waals surface area (Å²) < 4.78 is 0. The molecule has 1 atom stereocenters. The first kappa shape index (κ1) is 14.1. The number of carboxylic acid groups (broad SMARTS) is 1. The largest absolute Gasteiger partial charge is 0.481 e. The molecule has 98 valence electrons. The van der Waals surface area contributed by atoms with Crippen LogP contribution in [-0.2, 0) is 4.79 Å². The number of rotatable bonds is 5. The first-order valence-electron chi connectivity index (χ1n) is 5.46. The van der Waals surface area contributed by atoms with Gasteiger partial charge in [0.25, 0.3) is 5.91 Å². The van der Waals surface area contributed by atoms with Crippen molar-refractivity contribution in [3.05, 3.63) is 29.6 Å². The molecule has 1 rings (SSSR count). The Morgan fingerprint density at radius 3 is 2.72 bits per heavy atom. The second-order valence-electron chi connectivity index (χ2n) is 4.42. The van der Waals surface area contributed by atoms with Gasteiger partial charge in [0, 0.05) is 12.7 Å². The molecule has 3 N–H and O–H groups in total. The van der Waals surface area contributed by atoms with E-state index in [0.717, 1.165) is 0 Å². The first-order chi connectivity index (χ1) is 8.32. The zero-order valence-corrected chi connectivity index (χ0v) is 10.3. The molecule has 0 aliphatic carbocycles. The second kappa shape index (κ2) is 5.59. The normalized spacial score (nSPS) is 13.7. The molecule has 6 heteroatoms. The van der Waals surface area contributed by atoms with Crippen LogP contribution in [0.25, 0.3) is 0 Å². The minimum atomic E-state index is -1.48. The number of carbonyl (C=O) groups is 2. The van der Waals surface area contributed by atoms with Crippen molar-refractivity contribution in [3.63, 3.8) is 0 Å². The lowest BCUT2D eigenvalue weighted by molar-refractivity contribution is -0.141. The van der Waals surface area contributed by atoms with Gasteiger partial charge in [0.1, 0.15) is 5.69 Å². The van der Waals surface area contributed by atoms with Crippen LogP contribution in [0, 0.1) is 6.92 Å². The maximum atomic E-state index is 11.8. The van der Waals surface area contributed by atoms with Crippen molar-refractivity contribution in [2.45, 2.75) is 25.9 Å². The van der Waals surface area contributed by atoms with Gasteiger partial charge in [-0.15, -0.1) is 0 Å². The molecule has 0 fully saturated rings. The van der Waals surface area contributed by atoms with Gasteiger partial charge >= 0.3 is 5.97 Å². The molecule has 0 saturated carbocycles. The van der Waals surface area contributed by atoms with E-state index in [2.05, 4.69) is 10.3 Å². The maximum Gasteiger partial charge on any atom is 0.306 e. The zero-order valence-electron chi connectivity index (χ0n) is 10.3. The van der Waals surface area contributed by atoms with Crippen LogP contribution in [0.3, 0.4) is 0 Å². The fourth-order valence-corrected chi connectivity index (χ4v) is 1.47. The summed E-state index contributed by atoms with van der Waals surface area (Å²) in [5.41, 5.74) is -0.499. The lowest BCUT2D eigenvalue weighted by atomic mass is 10.0. The second-order valence-corrected chi connectivity index (χ2v) is 4.42. The van der Waals surface area contributed by atoms with Crippen molar-refractivity contribution in [1.29, 1.82) is 0 Å². The Morgan fingerprint density at radius 2 is 2.17 bits per heavy atom. The van der Waals surface area contributed by atoms with Crippen LogP contribution in [0.4, 0.5) is 0 Å². The summed E-state index contributed by atoms with van der Waals surface area (Å²) in [6.45, 7) is 2.96. The SMILES string of the molecule is Cc1cccnc1C(=O)NCC(C)(O)CC(=O)O. The van der Waals surface area contributed by atoms with Crippen molar-refractivity contribution in [2.24, 2.45) is 0 Å². The molecular weight excluding hydrogens is 236 g/mol. The monoisotopic (exact) mass is 252 g/mol. The molecular formula is C12H16N2O4. The zero-order chi connectivity index (χ0) is 13.8. The van der Waals surface area contributed by atoms with E-state index in [-0.39, 0.29) is 12.2 Å². The van der Waals surface area contributed by atoms with Gasteiger partial charge in [-0.1, -0.05) is 6.07 Å². The predicted molar refractivity (Wildman–Crippen MR) is 64.2 cm³/mol. The highest BCUT2D eigenvalue weighted by atomic mass is 16.4. The summed E-state index contributed by atoms with van der Waals surface area (Å²) in [6, 6.07) is 3.46. The van der Waals surface area contributed by atoms with Crippen LogP contribution in [-0.4, -0.2) is 39.2 Å². The fraction of sp³-hybridized carbons (Fsp3) is 0.417. The third-order valence-corrected chi connectivity index (χ3v) is 2.39. The first-order valence-corrected chi connectivity index (χ1v) is 5.46. The van der Waals surface area contributed by atoms with E-state index < -0.39 is 23.9 Å². The summed E-state index contributed by atoms with van der Waals surface area (Å²) in [4.78, 5) is 26.2. The van der Waals surface area contributed by atoms with E-state index in [9.17, 15) is 14.7 Å². The number of pyridine rings is 1. The highest BCUT2D eigenvalue weighted by Gasteiger charge is 2.25. The van der Waals surface area contributed by atoms with Crippen molar-refractivity contribution in [1.82, 2.24) is 10.3 Å². The van der Waals surface area contributed by atoms with E-state index in [1.165, 1.54) is 13.1 Å². The Kier molecular flexibility index (Phi) is 4.38. The quantitative estimate of drug-likeness (QED) is 0.702. The lowest BCUT2D eigenvalue weighted by Gasteiger charge is -2.21. The molecule has 0 saturated heterocycles. The Labute approximate surface area is 105 Å². The average Bonchev–Trinajstić information content (AvgIpc) is 2.25. The summed E-state index contributed by atoms with van der Waals surface area (Å²) in [7, 11) is 0. The third-order valence-electron chi connectivity index (χ3n) is 2.39. The number of nitrogens with one attached hydrogen (secondary N) is 1. The Balaban J connectivity index is 2.62. The van der Waals surface area contributed by atoms with E-state index in [4.69, 9.17) is 5.11 Å². The van der Waals surface area contributed by atoms with Gasteiger partial charge in [0.05, 0.1) is 12.0 Å². The number of aryl methyl sites for hydroxylation is 1. The molecule has 1 heterocycles. The van der Waals surface area contributed by atoms with Crippen molar-refractivity contribution < 1.29 is 19.8 Å².